The summed E-state index contributed by atoms with van der Waals surface area (Å²) in [4.78, 5) is 11.5. The van der Waals surface area contributed by atoms with Gasteiger partial charge in [0.1, 0.15) is 11.6 Å². The van der Waals surface area contributed by atoms with Crippen molar-refractivity contribution in [2.75, 3.05) is 0 Å². The van der Waals surface area contributed by atoms with Crippen molar-refractivity contribution < 1.29 is 9.18 Å². The van der Waals surface area contributed by atoms with Crippen molar-refractivity contribution >= 4 is 21.7 Å². The molecule has 0 amide bonds. The Labute approximate surface area is 97.8 Å². The van der Waals surface area contributed by atoms with Crippen molar-refractivity contribution in [3.05, 3.63) is 34.1 Å². The molecule has 0 saturated carbocycles. The Morgan fingerprint density at radius 1 is 1.47 bits per heavy atom. The lowest BCUT2D eigenvalue weighted by molar-refractivity contribution is -0.118. The van der Waals surface area contributed by atoms with E-state index in [4.69, 9.17) is 0 Å². The summed E-state index contributed by atoms with van der Waals surface area (Å²) < 4.78 is 13.3. The topological polar surface area (TPSA) is 17.1 Å². The second-order valence-electron chi connectivity index (χ2n) is 3.57. The number of carbonyl (C=O) groups excluding carboxylic acids is 1. The fourth-order valence-electron chi connectivity index (χ4n) is 1.34. The van der Waals surface area contributed by atoms with Crippen LogP contribution in [0.5, 0.6) is 0 Å². The molecule has 0 N–H and O–H groups in total. The molecule has 82 valence electrons. The maximum Gasteiger partial charge on any atom is 0.137 e. The van der Waals surface area contributed by atoms with Crippen molar-refractivity contribution in [3.8, 4) is 0 Å². The van der Waals surface area contributed by atoms with Crippen LogP contribution in [0.25, 0.3) is 0 Å². The highest BCUT2D eigenvalue weighted by Crippen LogP contribution is 2.17. The molecular formula is C12H14BrFO. The summed E-state index contributed by atoms with van der Waals surface area (Å²) in [5.74, 6) is -0.0740. The molecule has 1 nitrogen and oxygen atoms in total. The van der Waals surface area contributed by atoms with E-state index in [9.17, 15) is 9.18 Å². The van der Waals surface area contributed by atoms with Crippen LogP contribution in [0.15, 0.2) is 22.7 Å². The van der Waals surface area contributed by atoms with Crippen LogP contribution in [0, 0.1) is 5.82 Å². The van der Waals surface area contributed by atoms with Crippen molar-refractivity contribution in [2.45, 2.75) is 32.6 Å². The van der Waals surface area contributed by atoms with Crippen LogP contribution in [0.4, 0.5) is 4.39 Å². The standard InChI is InChI=1S/C12H14BrFO/c1-2-3-4-10(15)7-9-5-6-12(14)11(13)8-9/h5-6,8H,2-4,7H2,1H3. The third-order valence-corrected chi connectivity index (χ3v) is 2.80. The van der Waals surface area contributed by atoms with Gasteiger partial charge in [0, 0.05) is 12.8 Å². The lowest BCUT2D eigenvalue weighted by Crippen LogP contribution is -2.02. The monoisotopic (exact) mass is 272 g/mol. The summed E-state index contributed by atoms with van der Waals surface area (Å²) in [7, 11) is 0. The second kappa shape index (κ2) is 6.01. The van der Waals surface area contributed by atoms with Gasteiger partial charge in [-0.15, -0.1) is 0 Å². The average molecular weight is 273 g/mol. The zero-order valence-electron chi connectivity index (χ0n) is 8.72. The summed E-state index contributed by atoms with van der Waals surface area (Å²) in [6.45, 7) is 2.06. The van der Waals surface area contributed by atoms with E-state index in [2.05, 4.69) is 22.9 Å². The molecule has 0 aliphatic carbocycles. The molecule has 0 spiro atoms. The van der Waals surface area contributed by atoms with Gasteiger partial charge >= 0.3 is 0 Å². The minimum atomic E-state index is -0.292. The molecule has 15 heavy (non-hydrogen) atoms. The van der Waals surface area contributed by atoms with Gasteiger partial charge in [0.25, 0.3) is 0 Å². The lowest BCUT2D eigenvalue weighted by atomic mass is 10.1. The highest BCUT2D eigenvalue weighted by atomic mass is 79.9. The maximum absolute atomic E-state index is 12.9. The van der Waals surface area contributed by atoms with Crippen LogP contribution < -0.4 is 0 Å². The van der Waals surface area contributed by atoms with Gasteiger partial charge in [-0.05, 0) is 40.0 Å². The number of halogens is 2. The first kappa shape index (κ1) is 12.4. The number of carbonyl (C=O) groups is 1. The summed E-state index contributed by atoms with van der Waals surface area (Å²) in [6.07, 6.45) is 2.98. The molecular weight excluding hydrogens is 259 g/mol. The lowest BCUT2D eigenvalue weighted by Gasteiger charge is -2.02. The first-order chi connectivity index (χ1) is 7.13. The van der Waals surface area contributed by atoms with Crippen LogP contribution in [0.2, 0.25) is 0 Å². The molecule has 1 rings (SSSR count). The molecule has 0 aromatic heterocycles. The number of benzene rings is 1. The van der Waals surface area contributed by atoms with Crippen molar-refractivity contribution in [1.82, 2.24) is 0 Å². The molecule has 0 heterocycles. The number of hydrogen-bond acceptors (Lipinski definition) is 1. The number of rotatable bonds is 5. The molecule has 0 atom stereocenters. The number of Topliss-reactive ketones (excluding diaryl/α,β-unsaturated/α-hetero) is 1. The van der Waals surface area contributed by atoms with Gasteiger partial charge in [-0.25, -0.2) is 4.39 Å². The van der Waals surface area contributed by atoms with Crippen LogP contribution in [0.3, 0.4) is 0 Å². The Kier molecular flexibility index (Phi) is 4.95. The Morgan fingerprint density at radius 3 is 2.80 bits per heavy atom. The van der Waals surface area contributed by atoms with E-state index in [1.54, 1.807) is 12.1 Å². The van der Waals surface area contributed by atoms with Crippen LogP contribution in [-0.2, 0) is 11.2 Å². The minimum Gasteiger partial charge on any atom is -0.299 e. The van der Waals surface area contributed by atoms with Gasteiger partial charge in [-0.1, -0.05) is 19.4 Å². The molecule has 0 bridgehead atoms. The predicted octanol–water partition coefficient (Wildman–Crippen LogP) is 3.89. The number of hydrogen-bond donors (Lipinski definition) is 0. The maximum atomic E-state index is 12.9. The summed E-state index contributed by atoms with van der Waals surface area (Å²) >= 11 is 3.10. The molecule has 1 aromatic carbocycles. The molecule has 0 aliphatic rings. The molecule has 1 aromatic rings. The van der Waals surface area contributed by atoms with Gasteiger partial charge in [0.15, 0.2) is 0 Å². The molecule has 0 saturated heterocycles. The van der Waals surface area contributed by atoms with Crippen molar-refractivity contribution in [1.29, 1.82) is 0 Å². The highest BCUT2D eigenvalue weighted by Gasteiger charge is 2.05. The Balaban J connectivity index is 2.57. The third kappa shape index (κ3) is 4.12. The molecule has 0 aliphatic heterocycles. The van der Waals surface area contributed by atoms with E-state index in [0.29, 0.717) is 17.3 Å². The first-order valence-electron chi connectivity index (χ1n) is 5.09. The third-order valence-electron chi connectivity index (χ3n) is 2.19. The fourth-order valence-corrected chi connectivity index (χ4v) is 1.77. The van der Waals surface area contributed by atoms with Gasteiger partial charge < -0.3 is 0 Å². The fraction of sp³-hybridized carbons (Fsp3) is 0.417. The molecule has 0 fully saturated rings. The first-order valence-corrected chi connectivity index (χ1v) is 5.88. The zero-order valence-corrected chi connectivity index (χ0v) is 10.3. The second-order valence-corrected chi connectivity index (χ2v) is 4.42. The van der Waals surface area contributed by atoms with E-state index in [-0.39, 0.29) is 11.6 Å². The Morgan fingerprint density at radius 2 is 2.20 bits per heavy atom. The number of ketones is 1. The number of unbranched alkanes of at least 4 members (excludes halogenated alkanes) is 1. The summed E-state index contributed by atoms with van der Waals surface area (Å²) in [6, 6.07) is 4.70. The van der Waals surface area contributed by atoms with E-state index in [1.807, 2.05) is 0 Å². The van der Waals surface area contributed by atoms with E-state index in [0.717, 1.165) is 18.4 Å². The summed E-state index contributed by atoms with van der Waals surface area (Å²) in [5.41, 5.74) is 0.865. The average Bonchev–Trinajstić information content (AvgIpc) is 2.20. The molecule has 0 radical (unpaired) electrons. The van der Waals surface area contributed by atoms with E-state index in [1.165, 1.54) is 6.07 Å². The van der Waals surface area contributed by atoms with Crippen LogP contribution in [-0.4, -0.2) is 5.78 Å². The molecule has 3 heteroatoms. The van der Waals surface area contributed by atoms with Crippen LogP contribution in [0.1, 0.15) is 31.7 Å². The van der Waals surface area contributed by atoms with Crippen LogP contribution >= 0.6 is 15.9 Å². The van der Waals surface area contributed by atoms with Gasteiger partial charge in [0.05, 0.1) is 4.47 Å². The van der Waals surface area contributed by atoms with Gasteiger partial charge in [0.2, 0.25) is 0 Å². The summed E-state index contributed by atoms with van der Waals surface area (Å²) in [5, 5.41) is 0. The smallest absolute Gasteiger partial charge is 0.137 e. The Bertz CT molecular complexity index is 349. The van der Waals surface area contributed by atoms with E-state index < -0.39 is 0 Å². The van der Waals surface area contributed by atoms with E-state index >= 15 is 0 Å². The normalized spacial score (nSPS) is 10.3. The molecule has 0 unspecified atom stereocenters. The largest absolute Gasteiger partial charge is 0.299 e. The quantitative estimate of drug-likeness (QED) is 0.795. The Hall–Kier alpha value is -0.700. The SMILES string of the molecule is CCCCC(=O)Cc1ccc(F)c(Br)c1. The van der Waals surface area contributed by atoms with Gasteiger partial charge in [-0.3, -0.25) is 4.79 Å². The van der Waals surface area contributed by atoms with Crippen molar-refractivity contribution in [3.63, 3.8) is 0 Å². The zero-order chi connectivity index (χ0) is 11.3. The predicted molar refractivity (Wildman–Crippen MR) is 62.3 cm³/mol. The minimum absolute atomic E-state index is 0.218. The van der Waals surface area contributed by atoms with Crippen molar-refractivity contribution in [2.24, 2.45) is 0 Å². The highest BCUT2D eigenvalue weighted by molar-refractivity contribution is 9.10. The van der Waals surface area contributed by atoms with Gasteiger partial charge in [-0.2, -0.15) is 0 Å².